The molecule has 1 heterocycles. The number of aryl methyl sites for hydroxylation is 1. The average Bonchev–Trinajstić information content (AvgIpc) is 2.36. The highest BCUT2D eigenvalue weighted by Crippen LogP contribution is 2.27. The molecule has 3 amide bonds. The van der Waals surface area contributed by atoms with E-state index in [1.54, 1.807) is 11.8 Å². The molecule has 5 heteroatoms. The van der Waals surface area contributed by atoms with E-state index in [0.717, 1.165) is 18.5 Å². The summed E-state index contributed by atoms with van der Waals surface area (Å²) < 4.78 is 0. The molecule has 1 aromatic rings. The van der Waals surface area contributed by atoms with Gasteiger partial charge in [-0.1, -0.05) is 18.2 Å². The van der Waals surface area contributed by atoms with Crippen LogP contribution in [-0.2, 0) is 11.2 Å². The van der Waals surface area contributed by atoms with Crippen LogP contribution in [0.5, 0.6) is 0 Å². The zero-order chi connectivity index (χ0) is 13.1. The summed E-state index contributed by atoms with van der Waals surface area (Å²) in [5.74, 6) is -0.124. The Bertz CT molecular complexity index is 473. The smallest absolute Gasteiger partial charge is 0.312 e. The van der Waals surface area contributed by atoms with Gasteiger partial charge in [0.05, 0.1) is 0 Å². The number of carbonyl (C=O) groups excluding carboxylic acids is 2. The van der Waals surface area contributed by atoms with Crippen molar-refractivity contribution in [2.45, 2.75) is 25.8 Å². The number of hydrogen-bond acceptors (Lipinski definition) is 2. The second-order valence-electron chi connectivity index (χ2n) is 4.45. The van der Waals surface area contributed by atoms with E-state index >= 15 is 0 Å². The number of anilines is 1. The zero-order valence-electron chi connectivity index (χ0n) is 10.3. The van der Waals surface area contributed by atoms with Crippen LogP contribution in [0.1, 0.15) is 18.9 Å². The highest BCUT2D eigenvalue weighted by Gasteiger charge is 2.26. The summed E-state index contributed by atoms with van der Waals surface area (Å²) >= 11 is 0. The molecule has 1 atom stereocenters. The van der Waals surface area contributed by atoms with E-state index in [2.05, 4.69) is 5.32 Å². The Labute approximate surface area is 106 Å². The Balaban J connectivity index is 2.20. The van der Waals surface area contributed by atoms with E-state index in [4.69, 9.17) is 5.73 Å². The molecule has 0 fully saturated rings. The Kier molecular flexibility index (Phi) is 3.50. The number of urea groups is 1. The van der Waals surface area contributed by atoms with Crippen LogP contribution >= 0.6 is 0 Å². The number of primary amides is 1. The zero-order valence-corrected chi connectivity index (χ0v) is 10.3. The van der Waals surface area contributed by atoms with Crippen LogP contribution in [0.2, 0.25) is 0 Å². The maximum absolute atomic E-state index is 12.3. The molecule has 96 valence electrons. The van der Waals surface area contributed by atoms with Gasteiger partial charge in [-0.15, -0.1) is 0 Å². The first-order chi connectivity index (χ1) is 8.59. The number of carbonyl (C=O) groups is 2. The van der Waals surface area contributed by atoms with Gasteiger partial charge in [0.15, 0.2) is 0 Å². The summed E-state index contributed by atoms with van der Waals surface area (Å²) in [5.41, 5.74) is 7.14. The van der Waals surface area contributed by atoms with Gasteiger partial charge < -0.3 is 16.0 Å². The van der Waals surface area contributed by atoms with Crippen molar-refractivity contribution in [3.63, 3.8) is 0 Å². The molecule has 2 rings (SSSR count). The van der Waals surface area contributed by atoms with Gasteiger partial charge >= 0.3 is 6.03 Å². The standard InChI is InChI=1S/C13H17N3O2/c1-9(15-13(14)18)12(17)16-8-4-6-10-5-2-3-7-11(10)16/h2-3,5,7,9H,4,6,8H2,1H3,(H3,14,15,18). The van der Waals surface area contributed by atoms with Crippen molar-refractivity contribution in [2.75, 3.05) is 11.4 Å². The van der Waals surface area contributed by atoms with Gasteiger partial charge in [0.2, 0.25) is 5.91 Å². The SMILES string of the molecule is CC(NC(N)=O)C(=O)N1CCCc2ccccc21. The van der Waals surface area contributed by atoms with Gasteiger partial charge in [0.1, 0.15) is 6.04 Å². The first kappa shape index (κ1) is 12.4. The van der Waals surface area contributed by atoms with Crippen LogP contribution in [-0.4, -0.2) is 24.5 Å². The second-order valence-corrected chi connectivity index (χ2v) is 4.45. The first-order valence-electron chi connectivity index (χ1n) is 6.05. The number of nitrogens with two attached hydrogens (primary N) is 1. The van der Waals surface area contributed by atoms with Gasteiger partial charge in [-0.25, -0.2) is 4.79 Å². The minimum atomic E-state index is -0.679. The van der Waals surface area contributed by atoms with Crippen molar-refractivity contribution in [1.29, 1.82) is 0 Å². The first-order valence-corrected chi connectivity index (χ1v) is 6.05. The maximum Gasteiger partial charge on any atom is 0.312 e. The number of amides is 3. The summed E-state index contributed by atoms with van der Waals surface area (Å²) in [6.45, 7) is 2.32. The third-order valence-electron chi connectivity index (χ3n) is 3.11. The third kappa shape index (κ3) is 2.45. The summed E-state index contributed by atoms with van der Waals surface area (Å²) in [6.07, 6.45) is 1.92. The quantitative estimate of drug-likeness (QED) is 0.818. The largest absolute Gasteiger partial charge is 0.352 e. The van der Waals surface area contributed by atoms with E-state index in [-0.39, 0.29) is 5.91 Å². The summed E-state index contributed by atoms with van der Waals surface area (Å²) in [5, 5.41) is 2.42. The van der Waals surface area contributed by atoms with Gasteiger partial charge in [0, 0.05) is 12.2 Å². The lowest BCUT2D eigenvalue weighted by Crippen LogP contribution is -2.49. The maximum atomic E-state index is 12.3. The van der Waals surface area contributed by atoms with Crippen molar-refractivity contribution >= 4 is 17.6 Å². The molecule has 5 nitrogen and oxygen atoms in total. The number of hydrogen-bond donors (Lipinski definition) is 2. The Hall–Kier alpha value is -2.04. The minimum absolute atomic E-state index is 0.124. The average molecular weight is 247 g/mol. The lowest BCUT2D eigenvalue weighted by molar-refractivity contribution is -0.120. The van der Waals surface area contributed by atoms with E-state index in [1.165, 1.54) is 5.56 Å². The normalized spacial score (nSPS) is 15.7. The summed E-state index contributed by atoms with van der Waals surface area (Å²) in [6, 6.07) is 6.56. The topological polar surface area (TPSA) is 75.4 Å². The second kappa shape index (κ2) is 5.08. The molecule has 0 saturated carbocycles. The Morgan fingerprint density at radius 2 is 2.11 bits per heavy atom. The molecule has 0 bridgehead atoms. The lowest BCUT2D eigenvalue weighted by Gasteiger charge is -2.31. The summed E-state index contributed by atoms with van der Waals surface area (Å²) in [4.78, 5) is 24.8. The molecule has 0 saturated heterocycles. The third-order valence-corrected chi connectivity index (χ3v) is 3.11. The number of para-hydroxylation sites is 1. The van der Waals surface area contributed by atoms with Crippen LogP contribution in [0.25, 0.3) is 0 Å². The Morgan fingerprint density at radius 1 is 1.39 bits per heavy atom. The fourth-order valence-corrected chi connectivity index (χ4v) is 2.27. The molecule has 0 aliphatic carbocycles. The molecule has 1 aromatic carbocycles. The van der Waals surface area contributed by atoms with Crippen LogP contribution in [0.3, 0.4) is 0 Å². The van der Waals surface area contributed by atoms with Crippen LogP contribution in [0.4, 0.5) is 10.5 Å². The van der Waals surface area contributed by atoms with E-state index in [9.17, 15) is 9.59 Å². The number of nitrogens with one attached hydrogen (secondary N) is 1. The number of nitrogens with zero attached hydrogens (tertiary/aromatic N) is 1. The summed E-state index contributed by atoms with van der Waals surface area (Å²) in [7, 11) is 0. The van der Waals surface area contributed by atoms with Gasteiger partial charge in [-0.2, -0.15) is 0 Å². The molecule has 18 heavy (non-hydrogen) atoms. The molecule has 0 radical (unpaired) electrons. The van der Waals surface area contributed by atoms with Crippen molar-refractivity contribution in [1.82, 2.24) is 5.32 Å². The molecular formula is C13H17N3O2. The minimum Gasteiger partial charge on any atom is -0.352 e. The fourth-order valence-electron chi connectivity index (χ4n) is 2.27. The molecule has 1 aliphatic rings. The molecule has 0 aromatic heterocycles. The molecule has 1 aliphatic heterocycles. The van der Waals surface area contributed by atoms with Crippen LogP contribution in [0.15, 0.2) is 24.3 Å². The van der Waals surface area contributed by atoms with Gasteiger partial charge in [-0.3, -0.25) is 4.79 Å². The van der Waals surface area contributed by atoms with Crippen molar-refractivity contribution in [3.8, 4) is 0 Å². The highest BCUT2D eigenvalue weighted by atomic mass is 16.2. The predicted molar refractivity (Wildman–Crippen MR) is 69.3 cm³/mol. The fraction of sp³-hybridized carbons (Fsp3) is 0.385. The van der Waals surface area contributed by atoms with Crippen molar-refractivity contribution in [2.24, 2.45) is 5.73 Å². The number of fused-ring (bicyclic) bond motifs is 1. The monoisotopic (exact) mass is 247 g/mol. The van der Waals surface area contributed by atoms with E-state index < -0.39 is 12.1 Å². The van der Waals surface area contributed by atoms with Crippen LogP contribution in [0, 0.1) is 0 Å². The molecule has 3 N–H and O–H groups in total. The van der Waals surface area contributed by atoms with E-state index in [1.807, 2.05) is 24.3 Å². The molecule has 0 spiro atoms. The van der Waals surface area contributed by atoms with Crippen molar-refractivity contribution < 1.29 is 9.59 Å². The lowest BCUT2D eigenvalue weighted by atomic mass is 10.0. The number of rotatable bonds is 2. The van der Waals surface area contributed by atoms with Crippen LogP contribution < -0.4 is 16.0 Å². The van der Waals surface area contributed by atoms with Gasteiger partial charge in [-0.05, 0) is 31.4 Å². The number of benzene rings is 1. The van der Waals surface area contributed by atoms with E-state index in [0.29, 0.717) is 6.54 Å². The van der Waals surface area contributed by atoms with Crippen molar-refractivity contribution in [3.05, 3.63) is 29.8 Å². The highest BCUT2D eigenvalue weighted by molar-refractivity contribution is 5.99. The molecular weight excluding hydrogens is 230 g/mol. The Morgan fingerprint density at radius 3 is 2.83 bits per heavy atom. The molecule has 1 unspecified atom stereocenters. The van der Waals surface area contributed by atoms with Gasteiger partial charge in [0.25, 0.3) is 0 Å². The predicted octanol–water partition coefficient (Wildman–Crippen LogP) is 1.02.